The SMILES string of the molecule is Cc1ccccc1OCCCC(=O)N1CC[C@@H](c2ncc(C(=O)N3CCCC3)c(C)n2)C1. The Bertz CT molecular complexity index is 971. The fourth-order valence-corrected chi connectivity index (χ4v) is 4.46. The zero-order chi connectivity index (χ0) is 22.5. The van der Waals surface area contributed by atoms with E-state index in [1.165, 1.54) is 0 Å². The fourth-order valence-electron chi connectivity index (χ4n) is 4.46. The Balaban J connectivity index is 1.26. The van der Waals surface area contributed by atoms with Crippen molar-refractivity contribution in [1.82, 2.24) is 19.8 Å². The number of aryl methyl sites for hydroxylation is 2. The quantitative estimate of drug-likeness (QED) is 0.621. The number of benzene rings is 1. The first-order valence-corrected chi connectivity index (χ1v) is 11.6. The van der Waals surface area contributed by atoms with Gasteiger partial charge in [-0.3, -0.25) is 9.59 Å². The molecule has 0 unspecified atom stereocenters. The molecule has 2 aliphatic heterocycles. The largest absolute Gasteiger partial charge is 0.493 e. The second-order valence-electron chi connectivity index (χ2n) is 8.77. The third kappa shape index (κ3) is 5.09. The van der Waals surface area contributed by atoms with E-state index in [9.17, 15) is 9.59 Å². The minimum Gasteiger partial charge on any atom is -0.493 e. The molecular formula is C25H32N4O3. The molecule has 7 nitrogen and oxygen atoms in total. The van der Waals surface area contributed by atoms with Crippen LogP contribution in [0, 0.1) is 13.8 Å². The van der Waals surface area contributed by atoms with Gasteiger partial charge in [0.05, 0.1) is 17.9 Å². The summed E-state index contributed by atoms with van der Waals surface area (Å²) in [7, 11) is 0. The number of carbonyl (C=O) groups excluding carboxylic acids is 2. The predicted molar refractivity (Wildman–Crippen MR) is 122 cm³/mol. The average molecular weight is 437 g/mol. The van der Waals surface area contributed by atoms with E-state index < -0.39 is 0 Å². The van der Waals surface area contributed by atoms with Crippen molar-refractivity contribution in [3.8, 4) is 5.75 Å². The van der Waals surface area contributed by atoms with Gasteiger partial charge in [0, 0.05) is 44.7 Å². The van der Waals surface area contributed by atoms with Crippen LogP contribution in [0.1, 0.15) is 65.5 Å². The Morgan fingerprint density at radius 1 is 1.09 bits per heavy atom. The number of carbonyl (C=O) groups is 2. The lowest BCUT2D eigenvalue weighted by atomic mass is 10.1. The van der Waals surface area contributed by atoms with Crippen LogP contribution in [0.15, 0.2) is 30.5 Å². The summed E-state index contributed by atoms with van der Waals surface area (Å²) in [5.41, 5.74) is 2.42. The molecule has 0 N–H and O–H groups in total. The minimum absolute atomic E-state index is 0.0303. The number of likely N-dealkylation sites (tertiary alicyclic amines) is 2. The molecule has 2 fully saturated rings. The third-order valence-corrected chi connectivity index (χ3v) is 6.41. The van der Waals surface area contributed by atoms with E-state index in [2.05, 4.69) is 9.97 Å². The summed E-state index contributed by atoms with van der Waals surface area (Å²) in [6, 6.07) is 7.91. The van der Waals surface area contributed by atoms with Crippen molar-refractivity contribution >= 4 is 11.8 Å². The van der Waals surface area contributed by atoms with Crippen LogP contribution < -0.4 is 4.74 Å². The van der Waals surface area contributed by atoms with Crippen molar-refractivity contribution in [3.63, 3.8) is 0 Å². The zero-order valence-electron chi connectivity index (χ0n) is 19.0. The molecule has 0 radical (unpaired) electrons. The Hall–Kier alpha value is -2.96. The lowest BCUT2D eigenvalue weighted by Crippen LogP contribution is -2.29. The topological polar surface area (TPSA) is 75.6 Å². The summed E-state index contributed by atoms with van der Waals surface area (Å²) in [4.78, 5) is 38.2. The van der Waals surface area contributed by atoms with Gasteiger partial charge < -0.3 is 14.5 Å². The molecule has 32 heavy (non-hydrogen) atoms. The van der Waals surface area contributed by atoms with Gasteiger partial charge in [-0.1, -0.05) is 18.2 Å². The van der Waals surface area contributed by atoms with Gasteiger partial charge in [0.25, 0.3) is 5.91 Å². The van der Waals surface area contributed by atoms with Gasteiger partial charge in [-0.2, -0.15) is 0 Å². The van der Waals surface area contributed by atoms with E-state index in [0.717, 1.165) is 61.7 Å². The third-order valence-electron chi connectivity index (χ3n) is 6.41. The molecule has 7 heteroatoms. The van der Waals surface area contributed by atoms with Gasteiger partial charge in [0.1, 0.15) is 11.6 Å². The number of aromatic nitrogens is 2. The van der Waals surface area contributed by atoms with Crippen molar-refractivity contribution in [2.75, 3.05) is 32.8 Å². The van der Waals surface area contributed by atoms with Crippen molar-refractivity contribution in [2.45, 2.75) is 51.9 Å². The minimum atomic E-state index is 0.0303. The van der Waals surface area contributed by atoms with Crippen molar-refractivity contribution in [1.29, 1.82) is 0 Å². The summed E-state index contributed by atoms with van der Waals surface area (Å²) in [6.45, 7) is 7.41. The highest BCUT2D eigenvalue weighted by molar-refractivity contribution is 5.95. The Labute approximate surface area is 189 Å². The average Bonchev–Trinajstić information content (AvgIpc) is 3.50. The Morgan fingerprint density at radius 2 is 1.88 bits per heavy atom. The molecule has 0 saturated carbocycles. The maximum absolute atomic E-state index is 12.7. The molecule has 170 valence electrons. The molecular weight excluding hydrogens is 404 g/mol. The molecule has 0 bridgehead atoms. The van der Waals surface area contributed by atoms with E-state index in [1.54, 1.807) is 6.20 Å². The number of hydrogen-bond acceptors (Lipinski definition) is 5. The summed E-state index contributed by atoms with van der Waals surface area (Å²) in [5.74, 6) is 1.91. The number of rotatable bonds is 7. The summed E-state index contributed by atoms with van der Waals surface area (Å²) in [5, 5.41) is 0. The van der Waals surface area contributed by atoms with Crippen LogP contribution in [0.25, 0.3) is 0 Å². The maximum Gasteiger partial charge on any atom is 0.257 e. The number of ether oxygens (including phenoxy) is 1. The number of amides is 2. The molecule has 2 aromatic rings. The van der Waals surface area contributed by atoms with Crippen molar-refractivity contribution in [2.24, 2.45) is 0 Å². The molecule has 2 aliphatic rings. The van der Waals surface area contributed by atoms with Gasteiger partial charge in [-0.15, -0.1) is 0 Å². The first kappa shape index (κ1) is 22.2. The van der Waals surface area contributed by atoms with Crippen LogP contribution >= 0.6 is 0 Å². The van der Waals surface area contributed by atoms with Crippen LogP contribution in [0.2, 0.25) is 0 Å². The van der Waals surface area contributed by atoms with E-state index in [-0.39, 0.29) is 17.7 Å². The molecule has 1 atom stereocenters. The van der Waals surface area contributed by atoms with Crippen LogP contribution in [0.4, 0.5) is 0 Å². The van der Waals surface area contributed by atoms with Crippen molar-refractivity contribution < 1.29 is 14.3 Å². The van der Waals surface area contributed by atoms with Gasteiger partial charge in [-0.05, 0) is 51.2 Å². The molecule has 1 aromatic heterocycles. The zero-order valence-corrected chi connectivity index (χ0v) is 19.0. The van der Waals surface area contributed by atoms with Crippen LogP contribution in [0.3, 0.4) is 0 Å². The van der Waals surface area contributed by atoms with Crippen LogP contribution in [-0.4, -0.2) is 64.4 Å². The number of nitrogens with zero attached hydrogens (tertiary/aromatic N) is 4. The standard InChI is InChI=1S/C25H32N4O3/c1-18-8-3-4-9-22(18)32-15-7-10-23(30)29-14-11-20(17-29)24-26-16-21(19(2)27-24)25(31)28-12-5-6-13-28/h3-4,8-9,16,20H,5-7,10-15,17H2,1-2H3/t20-/m1/s1. The lowest BCUT2D eigenvalue weighted by Gasteiger charge is -2.18. The fraction of sp³-hybridized carbons (Fsp3) is 0.520. The molecule has 0 aliphatic carbocycles. The van der Waals surface area contributed by atoms with E-state index >= 15 is 0 Å². The molecule has 2 saturated heterocycles. The van der Waals surface area contributed by atoms with Gasteiger partial charge in [-0.25, -0.2) is 9.97 Å². The summed E-state index contributed by atoms with van der Waals surface area (Å²) < 4.78 is 5.80. The van der Waals surface area contributed by atoms with Gasteiger partial charge in [0.15, 0.2) is 0 Å². The van der Waals surface area contributed by atoms with Crippen LogP contribution in [-0.2, 0) is 4.79 Å². The van der Waals surface area contributed by atoms with E-state index in [0.29, 0.717) is 31.6 Å². The molecule has 2 amide bonds. The lowest BCUT2D eigenvalue weighted by molar-refractivity contribution is -0.130. The van der Waals surface area contributed by atoms with Crippen molar-refractivity contribution in [3.05, 3.63) is 53.1 Å². The molecule has 3 heterocycles. The molecule has 4 rings (SSSR count). The first-order valence-electron chi connectivity index (χ1n) is 11.6. The second kappa shape index (κ2) is 10.1. The molecule has 1 aromatic carbocycles. The van der Waals surface area contributed by atoms with Gasteiger partial charge >= 0.3 is 0 Å². The highest BCUT2D eigenvalue weighted by atomic mass is 16.5. The predicted octanol–water partition coefficient (Wildman–Crippen LogP) is 3.50. The normalized spacial score (nSPS) is 18.2. The van der Waals surface area contributed by atoms with E-state index in [1.807, 2.05) is 47.9 Å². The maximum atomic E-state index is 12.7. The smallest absolute Gasteiger partial charge is 0.257 e. The number of hydrogen-bond donors (Lipinski definition) is 0. The monoisotopic (exact) mass is 436 g/mol. The Kier molecular flexibility index (Phi) is 7.02. The van der Waals surface area contributed by atoms with E-state index in [4.69, 9.17) is 4.74 Å². The molecule has 0 spiro atoms. The summed E-state index contributed by atoms with van der Waals surface area (Å²) >= 11 is 0. The highest BCUT2D eigenvalue weighted by Crippen LogP contribution is 2.26. The second-order valence-corrected chi connectivity index (χ2v) is 8.77. The summed E-state index contributed by atoms with van der Waals surface area (Å²) in [6.07, 6.45) is 5.82. The van der Waals surface area contributed by atoms with Crippen LogP contribution in [0.5, 0.6) is 5.75 Å². The Morgan fingerprint density at radius 3 is 2.62 bits per heavy atom. The first-order chi connectivity index (χ1) is 15.5. The number of para-hydroxylation sites is 1. The highest BCUT2D eigenvalue weighted by Gasteiger charge is 2.30. The van der Waals surface area contributed by atoms with Gasteiger partial charge in [0.2, 0.25) is 5.91 Å².